The minimum absolute atomic E-state index is 0.0383. The molecule has 7 nitrogen and oxygen atoms in total. The first-order valence-corrected chi connectivity index (χ1v) is 6.28. The van der Waals surface area contributed by atoms with Crippen molar-refractivity contribution in [2.75, 3.05) is 26.7 Å². The smallest absolute Gasteiger partial charge is 0.315 e. The molecule has 0 fully saturated rings. The molecule has 19 heavy (non-hydrogen) atoms. The minimum atomic E-state index is -0.947. The zero-order valence-corrected chi connectivity index (χ0v) is 11.9. The lowest BCUT2D eigenvalue weighted by Gasteiger charge is -2.18. The van der Waals surface area contributed by atoms with Gasteiger partial charge in [-0.1, -0.05) is 13.8 Å². The number of amides is 3. The highest BCUT2D eigenvalue weighted by molar-refractivity contribution is 5.84. The Morgan fingerprint density at radius 1 is 1.21 bits per heavy atom. The first-order chi connectivity index (χ1) is 8.79. The van der Waals surface area contributed by atoms with E-state index in [4.69, 9.17) is 5.11 Å². The largest absolute Gasteiger partial charge is 0.481 e. The number of aliphatic carboxylic acids is 1. The summed E-state index contributed by atoms with van der Waals surface area (Å²) in [5.74, 6) is -1.86. The Labute approximate surface area is 113 Å². The maximum absolute atomic E-state index is 11.4. The number of carboxylic acids is 1. The van der Waals surface area contributed by atoms with Gasteiger partial charge in [-0.25, -0.2) is 4.79 Å². The molecule has 0 aliphatic rings. The summed E-state index contributed by atoms with van der Waals surface area (Å²) in [5.41, 5.74) is 0. The van der Waals surface area contributed by atoms with Crippen LogP contribution in [0.5, 0.6) is 0 Å². The summed E-state index contributed by atoms with van der Waals surface area (Å²) in [5, 5.41) is 13.8. The van der Waals surface area contributed by atoms with Gasteiger partial charge in [0.05, 0.1) is 12.5 Å². The number of nitrogens with one attached hydrogen (secondary N) is 2. The maximum Gasteiger partial charge on any atom is 0.315 e. The second-order valence-corrected chi connectivity index (χ2v) is 4.66. The zero-order chi connectivity index (χ0) is 15.0. The highest BCUT2D eigenvalue weighted by atomic mass is 16.4. The molecule has 110 valence electrons. The predicted octanol–water partition coefficient (Wildman–Crippen LogP) is 0.121. The number of hydrogen-bond acceptors (Lipinski definition) is 3. The normalized spacial score (nSPS) is 11.8. The Balaban J connectivity index is 4.05. The fourth-order valence-corrected chi connectivity index (χ4v) is 1.34. The number of carbonyl (C=O) groups excluding carboxylic acids is 2. The first kappa shape index (κ1) is 17.2. The van der Waals surface area contributed by atoms with Gasteiger partial charge in [0.15, 0.2) is 0 Å². The minimum Gasteiger partial charge on any atom is -0.481 e. The number of rotatable bonds is 7. The zero-order valence-electron chi connectivity index (χ0n) is 11.9. The first-order valence-electron chi connectivity index (χ1n) is 6.28. The van der Waals surface area contributed by atoms with E-state index >= 15 is 0 Å². The van der Waals surface area contributed by atoms with E-state index in [0.717, 1.165) is 0 Å². The van der Waals surface area contributed by atoms with Crippen LogP contribution in [-0.4, -0.2) is 54.6 Å². The molecule has 0 radical (unpaired) electrons. The van der Waals surface area contributed by atoms with Crippen molar-refractivity contribution in [3.63, 3.8) is 0 Å². The Bertz CT molecular complexity index is 331. The molecule has 0 aliphatic heterocycles. The van der Waals surface area contributed by atoms with E-state index < -0.39 is 17.9 Å². The summed E-state index contributed by atoms with van der Waals surface area (Å²) in [6.07, 6.45) is 0. The quantitative estimate of drug-likeness (QED) is 0.613. The van der Waals surface area contributed by atoms with E-state index in [-0.39, 0.29) is 24.9 Å². The van der Waals surface area contributed by atoms with Crippen LogP contribution in [0.2, 0.25) is 0 Å². The molecule has 0 bridgehead atoms. The van der Waals surface area contributed by atoms with Gasteiger partial charge in [0.25, 0.3) is 0 Å². The van der Waals surface area contributed by atoms with Crippen LogP contribution in [0.1, 0.15) is 20.8 Å². The molecule has 0 heterocycles. The van der Waals surface area contributed by atoms with Crippen LogP contribution >= 0.6 is 0 Å². The van der Waals surface area contributed by atoms with Gasteiger partial charge in [-0.3, -0.25) is 9.59 Å². The Morgan fingerprint density at radius 2 is 1.79 bits per heavy atom. The van der Waals surface area contributed by atoms with Gasteiger partial charge in [0.2, 0.25) is 5.91 Å². The Morgan fingerprint density at radius 3 is 2.21 bits per heavy atom. The van der Waals surface area contributed by atoms with E-state index in [1.807, 2.05) is 6.92 Å². The van der Waals surface area contributed by atoms with Crippen molar-refractivity contribution in [3.8, 4) is 0 Å². The van der Waals surface area contributed by atoms with Crippen molar-refractivity contribution in [1.29, 1.82) is 0 Å². The van der Waals surface area contributed by atoms with Crippen molar-refractivity contribution < 1.29 is 19.5 Å². The third-order valence-electron chi connectivity index (χ3n) is 2.90. The van der Waals surface area contributed by atoms with Gasteiger partial charge in [-0.15, -0.1) is 0 Å². The van der Waals surface area contributed by atoms with Crippen LogP contribution in [0, 0.1) is 11.8 Å². The standard InChI is InChI=1S/C12H23N3O4/c1-5-15(4)10(16)7-14-12(19)13-6-9(8(2)3)11(17)18/h8-9H,5-7H2,1-4H3,(H,17,18)(H2,13,14,19). The van der Waals surface area contributed by atoms with Crippen LogP contribution in [0.25, 0.3) is 0 Å². The lowest BCUT2D eigenvalue weighted by atomic mass is 9.96. The van der Waals surface area contributed by atoms with Crippen molar-refractivity contribution in [1.82, 2.24) is 15.5 Å². The Hall–Kier alpha value is -1.79. The number of carbonyl (C=O) groups is 3. The molecular weight excluding hydrogens is 250 g/mol. The van der Waals surface area contributed by atoms with Gasteiger partial charge in [-0.2, -0.15) is 0 Å². The topological polar surface area (TPSA) is 98.7 Å². The number of carboxylic acid groups (broad SMARTS) is 1. The molecule has 0 rings (SSSR count). The molecule has 0 aromatic heterocycles. The highest BCUT2D eigenvalue weighted by Crippen LogP contribution is 2.09. The van der Waals surface area contributed by atoms with E-state index in [0.29, 0.717) is 6.54 Å². The molecule has 1 atom stereocenters. The maximum atomic E-state index is 11.4. The molecular formula is C12H23N3O4. The molecule has 0 aromatic carbocycles. The third kappa shape index (κ3) is 6.64. The van der Waals surface area contributed by atoms with E-state index in [2.05, 4.69) is 10.6 Å². The summed E-state index contributed by atoms with van der Waals surface area (Å²) in [6.45, 7) is 5.89. The average Bonchev–Trinajstić information content (AvgIpc) is 2.34. The molecule has 0 saturated carbocycles. The molecule has 3 N–H and O–H groups in total. The molecule has 0 aliphatic carbocycles. The fourth-order valence-electron chi connectivity index (χ4n) is 1.34. The van der Waals surface area contributed by atoms with Crippen LogP contribution in [-0.2, 0) is 9.59 Å². The molecule has 0 aromatic rings. The molecule has 3 amide bonds. The number of urea groups is 1. The van der Waals surface area contributed by atoms with Gasteiger partial charge in [-0.05, 0) is 12.8 Å². The summed E-state index contributed by atoms with van der Waals surface area (Å²) in [4.78, 5) is 35.2. The third-order valence-corrected chi connectivity index (χ3v) is 2.90. The molecule has 0 spiro atoms. The van der Waals surface area contributed by atoms with Gasteiger partial charge in [0.1, 0.15) is 0 Å². The lowest BCUT2D eigenvalue weighted by molar-refractivity contribution is -0.143. The summed E-state index contributed by atoms with van der Waals surface area (Å²) >= 11 is 0. The summed E-state index contributed by atoms with van der Waals surface area (Å²) in [6, 6.07) is -0.537. The van der Waals surface area contributed by atoms with Crippen molar-refractivity contribution in [3.05, 3.63) is 0 Å². The summed E-state index contributed by atoms with van der Waals surface area (Å²) in [7, 11) is 1.64. The van der Waals surface area contributed by atoms with Crippen LogP contribution in [0.3, 0.4) is 0 Å². The van der Waals surface area contributed by atoms with Gasteiger partial charge in [0, 0.05) is 20.1 Å². The van der Waals surface area contributed by atoms with E-state index in [9.17, 15) is 14.4 Å². The predicted molar refractivity (Wildman–Crippen MR) is 70.7 cm³/mol. The second kappa shape index (κ2) is 8.34. The molecule has 1 unspecified atom stereocenters. The monoisotopic (exact) mass is 273 g/mol. The fraction of sp³-hybridized carbons (Fsp3) is 0.750. The SMILES string of the molecule is CCN(C)C(=O)CNC(=O)NCC(C(=O)O)C(C)C. The molecule has 0 saturated heterocycles. The van der Waals surface area contributed by atoms with Gasteiger partial charge >= 0.3 is 12.0 Å². The summed E-state index contributed by atoms with van der Waals surface area (Å²) < 4.78 is 0. The average molecular weight is 273 g/mol. The highest BCUT2D eigenvalue weighted by Gasteiger charge is 2.22. The number of likely N-dealkylation sites (N-methyl/N-ethyl adjacent to an activating group) is 1. The molecule has 7 heteroatoms. The van der Waals surface area contributed by atoms with Crippen LogP contribution in [0.15, 0.2) is 0 Å². The second-order valence-electron chi connectivity index (χ2n) is 4.66. The van der Waals surface area contributed by atoms with Crippen LogP contribution < -0.4 is 10.6 Å². The van der Waals surface area contributed by atoms with E-state index in [1.165, 1.54) is 4.90 Å². The number of hydrogen-bond donors (Lipinski definition) is 3. The Kier molecular flexibility index (Phi) is 7.55. The van der Waals surface area contributed by atoms with Crippen molar-refractivity contribution >= 4 is 17.9 Å². The number of nitrogens with zero attached hydrogens (tertiary/aromatic N) is 1. The van der Waals surface area contributed by atoms with Crippen molar-refractivity contribution in [2.45, 2.75) is 20.8 Å². The van der Waals surface area contributed by atoms with Crippen molar-refractivity contribution in [2.24, 2.45) is 11.8 Å². The van der Waals surface area contributed by atoms with Crippen LogP contribution in [0.4, 0.5) is 4.79 Å². The van der Waals surface area contributed by atoms with Gasteiger partial charge < -0.3 is 20.6 Å². The van der Waals surface area contributed by atoms with E-state index in [1.54, 1.807) is 20.9 Å². The lowest BCUT2D eigenvalue weighted by Crippen LogP contribution is -2.45.